The summed E-state index contributed by atoms with van der Waals surface area (Å²) >= 11 is 0. The molecule has 20 heavy (non-hydrogen) atoms. The van der Waals surface area contributed by atoms with Gasteiger partial charge in [0.2, 0.25) is 0 Å². The molecule has 3 saturated heterocycles. The molecule has 4 rings (SSSR count). The molecule has 0 amide bonds. The van der Waals surface area contributed by atoms with Gasteiger partial charge in [0.1, 0.15) is 0 Å². The molecule has 0 aromatic carbocycles. The maximum atomic E-state index is 6.33. The van der Waals surface area contributed by atoms with Crippen LogP contribution in [0.1, 0.15) is 33.1 Å². The molecule has 0 aromatic heterocycles. The first-order valence-electron chi connectivity index (χ1n) is 7.80. The van der Waals surface area contributed by atoms with Gasteiger partial charge in [-0.15, -0.1) is 13.2 Å². The second-order valence-corrected chi connectivity index (χ2v) is 7.11. The van der Waals surface area contributed by atoms with Gasteiger partial charge in [0.25, 0.3) is 0 Å². The minimum absolute atomic E-state index is 0.266. The van der Waals surface area contributed by atoms with Crippen LogP contribution in [0.4, 0.5) is 0 Å². The van der Waals surface area contributed by atoms with E-state index in [-0.39, 0.29) is 12.2 Å². The zero-order valence-electron chi connectivity index (χ0n) is 12.4. The lowest BCUT2D eigenvalue weighted by atomic mass is 9.81. The van der Waals surface area contributed by atoms with Gasteiger partial charge >= 0.3 is 0 Å². The summed E-state index contributed by atoms with van der Waals surface area (Å²) in [6.45, 7) is 11.9. The zero-order chi connectivity index (χ0) is 14.1. The Labute approximate surface area is 121 Å². The molecule has 1 saturated carbocycles. The molecule has 0 spiro atoms. The van der Waals surface area contributed by atoms with Crippen LogP contribution in [0.15, 0.2) is 25.3 Å². The maximum absolute atomic E-state index is 6.33. The normalized spacial score (nSPS) is 58.9. The van der Waals surface area contributed by atoms with Crippen molar-refractivity contribution in [3.63, 3.8) is 0 Å². The second-order valence-electron chi connectivity index (χ2n) is 7.11. The fraction of sp³-hybridized carbons (Fsp3) is 0.765. The lowest BCUT2D eigenvalue weighted by molar-refractivity contribution is -0.310. The van der Waals surface area contributed by atoms with E-state index in [9.17, 15) is 0 Å². The van der Waals surface area contributed by atoms with Crippen molar-refractivity contribution >= 4 is 0 Å². The first-order chi connectivity index (χ1) is 9.52. The van der Waals surface area contributed by atoms with Crippen molar-refractivity contribution in [2.45, 2.75) is 56.9 Å². The van der Waals surface area contributed by atoms with E-state index in [0.717, 1.165) is 12.8 Å². The standard InChI is InChI=1S/C17H24O3/c1-5-7-12-10-9-11-13(8-6-2)19-17(4)15(11)14(10)16(3,18-12)20-17/h5-6,10-15H,1-2,7-9H2,3-4H3/t10?,11?,12-,13+,14?,15?,16?,17?. The molecule has 3 nitrogen and oxygen atoms in total. The van der Waals surface area contributed by atoms with E-state index in [1.807, 2.05) is 12.2 Å². The van der Waals surface area contributed by atoms with Crippen molar-refractivity contribution in [2.75, 3.05) is 0 Å². The van der Waals surface area contributed by atoms with E-state index in [1.165, 1.54) is 6.42 Å². The lowest BCUT2D eigenvalue weighted by Crippen LogP contribution is -2.36. The molecule has 0 N–H and O–H groups in total. The molecule has 1 aliphatic carbocycles. The summed E-state index contributed by atoms with van der Waals surface area (Å²) in [4.78, 5) is 0. The van der Waals surface area contributed by atoms with Gasteiger partial charge in [-0.25, -0.2) is 0 Å². The Morgan fingerprint density at radius 2 is 1.40 bits per heavy atom. The summed E-state index contributed by atoms with van der Waals surface area (Å²) < 4.78 is 18.9. The monoisotopic (exact) mass is 276 g/mol. The Bertz CT molecular complexity index is 421. The smallest absolute Gasteiger partial charge is 0.172 e. The van der Waals surface area contributed by atoms with Crippen LogP contribution in [-0.4, -0.2) is 23.8 Å². The fourth-order valence-corrected chi connectivity index (χ4v) is 5.63. The van der Waals surface area contributed by atoms with Gasteiger partial charge in [-0.1, -0.05) is 12.2 Å². The third-order valence-corrected chi connectivity index (χ3v) is 5.99. The topological polar surface area (TPSA) is 27.7 Å². The van der Waals surface area contributed by atoms with E-state index in [2.05, 4.69) is 27.0 Å². The van der Waals surface area contributed by atoms with Crippen molar-refractivity contribution < 1.29 is 14.2 Å². The third kappa shape index (κ3) is 1.41. The molecular formula is C17H24O3. The highest BCUT2D eigenvalue weighted by Gasteiger charge is 2.76. The van der Waals surface area contributed by atoms with Crippen molar-refractivity contribution in [1.82, 2.24) is 0 Å². The zero-order valence-corrected chi connectivity index (χ0v) is 12.4. The van der Waals surface area contributed by atoms with Gasteiger partial charge in [0.05, 0.1) is 12.2 Å². The van der Waals surface area contributed by atoms with E-state index in [1.54, 1.807) is 0 Å². The number of hydrogen-bond donors (Lipinski definition) is 0. The summed E-state index contributed by atoms with van der Waals surface area (Å²) in [7, 11) is 0. The van der Waals surface area contributed by atoms with Gasteiger partial charge in [0.15, 0.2) is 11.6 Å². The first-order valence-corrected chi connectivity index (χ1v) is 7.80. The molecule has 8 atom stereocenters. The van der Waals surface area contributed by atoms with E-state index < -0.39 is 11.6 Å². The molecule has 110 valence electrons. The Kier molecular flexibility index (Phi) is 2.59. The van der Waals surface area contributed by atoms with Crippen molar-refractivity contribution in [2.24, 2.45) is 23.7 Å². The molecule has 0 radical (unpaired) electrons. The minimum Gasteiger partial charge on any atom is -0.346 e. The Morgan fingerprint density at radius 1 is 0.950 bits per heavy atom. The Hall–Kier alpha value is -0.640. The van der Waals surface area contributed by atoms with Crippen molar-refractivity contribution in [3.05, 3.63) is 25.3 Å². The molecule has 4 aliphatic rings. The number of hydrogen-bond acceptors (Lipinski definition) is 3. The minimum atomic E-state index is -0.467. The van der Waals surface area contributed by atoms with Gasteiger partial charge < -0.3 is 14.2 Å². The summed E-state index contributed by atoms with van der Waals surface area (Å²) in [6, 6.07) is 0. The molecule has 4 fully saturated rings. The average Bonchev–Trinajstić information content (AvgIpc) is 2.99. The van der Waals surface area contributed by atoms with Crippen LogP contribution < -0.4 is 0 Å². The van der Waals surface area contributed by atoms with Crippen LogP contribution in [0, 0.1) is 23.7 Å². The maximum Gasteiger partial charge on any atom is 0.172 e. The van der Waals surface area contributed by atoms with Crippen LogP contribution >= 0.6 is 0 Å². The predicted octanol–water partition coefficient (Wildman–Crippen LogP) is 3.27. The van der Waals surface area contributed by atoms with Crippen molar-refractivity contribution in [1.29, 1.82) is 0 Å². The molecule has 3 heteroatoms. The van der Waals surface area contributed by atoms with E-state index >= 15 is 0 Å². The molecule has 3 aliphatic heterocycles. The molecular weight excluding hydrogens is 252 g/mol. The van der Waals surface area contributed by atoms with Crippen LogP contribution in [0.25, 0.3) is 0 Å². The predicted molar refractivity (Wildman–Crippen MR) is 75.8 cm³/mol. The molecule has 3 heterocycles. The Balaban J connectivity index is 1.70. The highest BCUT2D eigenvalue weighted by atomic mass is 16.8. The first kappa shape index (κ1) is 13.1. The second kappa shape index (κ2) is 3.96. The van der Waals surface area contributed by atoms with Crippen LogP contribution in [0.2, 0.25) is 0 Å². The number of ether oxygens (including phenoxy) is 3. The summed E-state index contributed by atoms with van der Waals surface area (Å²) in [5.41, 5.74) is 0. The molecule has 6 unspecified atom stereocenters. The van der Waals surface area contributed by atoms with Crippen molar-refractivity contribution in [3.8, 4) is 0 Å². The SMILES string of the molecule is C=CC[C@@H]1OC2(C)OC3(C)O[C@H](CC=C)C4CC1C2C43. The summed E-state index contributed by atoms with van der Waals surface area (Å²) in [5, 5.41) is 0. The Morgan fingerprint density at radius 3 is 1.80 bits per heavy atom. The van der Waals surface area contributed by atoms with Gasteiger partial charge in [0, 0.05) is 11.8 Å². The highest BCUT2D eigenvalue weighted by molar-refractivity contribution is 5.16. The quantitative estimate of drug-likeness (QED) is 0.738. The number of rotatable bonds is 4. The van der Waals surface area contributed by atoms with Gasteiger partial charge in [-0.2, -0.15) is 0 Å². The van der Waals surface area contributed by atoms with Crippen LogP contribution in [0.5, 0.6) is 0 Å². The lowest BCUT2D eigenvalue weighted by Gasteiger charge is -2.30. The summed E-state index contributed by atoms with van der Waals surface area (Å²) in [5.74, 6) is 1.18. The molecule has 0 bridgehead atoms. The van der Waals surface area contributed by atoms with Crippen LogP contribution in [-0.2, 0) is 14.2 Å². The van der Waals surface area contributed by atoms with Crippen LogP contribution in [0.3, 0.4) is 0 Å². The fourth-order valence-electron chi connectivity index (χ4n) is 5.63. The summed E-state index contributed by atoms with van der Waals surface area (Å²) in [6.07, 6.45) is 7.51. The molecule has 0 aromatic rings. The van der Waals surface area contributed by atoms with Gasteiger partial charge in [-0.3, -0.25) is 0 Å². The third-order valence-electron chi connectivity index (χ3n) is 5.99. The largest absolute Gasteiger partial charge is 0.346 e. The van der Waals surface area contributed by atoms with E-state index in [0.29, 0.717) is 23.7 Å². The van der Waals surface area contributed by atoms with E-state index in [4.69, 9.17) is 14.2 Å². The highest BCUT2D eigenvalue weighted by Crippen LogP contribution is 2.69. The average molecular weight is 276 g/mol. The van der Waals surface area contributed by atoms with Gasteiger partial charge in [-0.05, 0) is 44.9 Å².